The Balaban J connectivity index is 2.28. The van der Waals surface area contributed by atoms with E-state index in [1.54, 1.807) is 18.4 Å². The van der Waals surface area contributed by atoms with Crippen molar-refractivity contribution in [2.75, 3.05) is 27.2 Å². The first-order valence-corrected chi connectivity index (χ1v) is 6.57. The molecule has 0 aromatic carbocycles. The van der Waals surface area contributed by atoms with Gasteiger partial charge in [0.2, 0.25) is 0 Å². The Hall–Kier alpha value is -0.580. The maximum Gasteiger partial charge on any atom is 0.129 e. The Kier molecular flexibility index (Phi) is 5.80. The summed E-state index contributed by atoms with van der Waals surface area (Å²) in [5, 5.41) is 5.56. The van der Waals surface area contributed by atoms with Gasteiger partial charge in [0.05, 0.1) is 7.11 Å². The quantitative estimate of drug-likeness (QED) is 0.793. The Bertz CT molecular complexity index is 301. The van der Waals surface area contributed by atoms with E-state index in [0.29, 0.717) is 6.04 Å². The van der Waals surface area contributed by atoms with Crippen molar-refractivity contribution >= 4 is 11.3 Å². The molecule has 0 aliphatic rings. The number of hydrogen-bond acceptors (Lipinski definition) is 4. The van der Waals surface area contributed by atoms with Crippen molar-refractivity contribution in [3.8, 4) is 5.75 Å². The van der Waals surface area contributed by atoms with Gasteiger partial charge in [0.1, 0.15) is 5.75 Å². The van der Waals surface area contributed by atoms with Gasteiger partial charge in [-0.3, -0.25) is 0 Å². The third-order valence-electron chi connectivity index (χ3n) is 2.62. The largest absolute Gasteiger partial charge is 0.496 e. The van der Waals surface area contributed by atoms with Crippen LogP contribution in [-0.2, 0) is 6.54 Å². The normalized spacial score (nSPS) is 13.1. The molecule has 4 heteroatoms. The molecule has 16 heavy (non-hydrogen) atoms. The number of likely N-dealkylation sites (N-methyl/N-ethyl adjacent to an activating group) is 1. The van der Waals surface area contributed by atoms with E-state index in [0.717, 1.165) is 25.4 Å². The number of methoxy groups -OCH3 is 1. The first-order valence-electron chi connectivity index (χ1n) is 5.69. The summed E-state index contributed by atoms with van der Waals surface area (Å²) in [6.45, 7) is 7.50. The second kappa shape index (κ2) is 6.89. The number of ether oxygens (including phenoxy) is 1. The fourth-order valence-corrected chi connectivity index (χ4v) is 2.28. The highest BCUT2D eigenvalue weighted by Gasteiger charge is 2.05. The summed E-state index contributed by atoms with van der Waals surface area (Å²) in [5.41, 5.74) is 0. The van der Waals surface area contributed by atoms with E-state index in [-0.39, 0.29) is 0 Å². The van der Waals surface area contributed by atoms with E-state index < -0.39 is 0 Å². The molecule has 0 saturated heterocycles. The van der Waals surface area contributed by atoms with E-state index in [9.17, 15) is 0 Å². The summed E-state index contributed by atoms with van der Waals surface area (Å²) in [6.07, 6.45) is 0. The molecule has 0 aliphatic heterocycles. The third-order valence-corrected chi connectivity index (χ3v) is 3.53. The van der Waals surface area contributed by atoms with E-state index in [1.165, 1.54) is 4.88 Å². The zero-order valence-electron chi connectivity index (χ0n) is 10.6. The number of thiophene rings is 1. The van der Waals surface area contributed by atoms with E-state index in [4.69, 9.17) is 4.74 Å². The molecule has 1 aromatic rings. The first-order chi connectivity index (χ1) is 7.65. The minimum atomic E-state index is 0.512. The van der Waals surface area contributed by atoms with Crippen molar-refractivity contribution in [1.82, 2.24) is 10.2 Å². The molecular weight excluding hydrogens is 220 g/mol. The SMILES string of the molecule is CCN(C)CC(C)NCc1cc(OC)cs1. The lowest BCUT2D eigenvalue weighted by atomic mass is 10.3. The molecular formula is C12H22N2OS. The Labute approximate surface area is 102 Å². The molecule has 0 amide bonds. The van der Waals surface area contributed by atoms with Crippen LogP contribution < -0.4 is 10.1 Å². The average Bonchev–Trinajstić information content (AvgIpc) is 2.74. The molecule has 3 nitrogen and oxygen atoms in total. The molecule has 1 unspecified atom stereocenters. The van der Waals surface area contributed by atoms with Gasteiger partial charge in [0.25, 0.3) is 0 Å². The molecule has 1 aromatic heterocycles. The Morgan fingerprint density at radius 2 is 2.31 bits per heavy atom. The topological polar surface area (TPSA) is 24.5 Å². The van der Waals surface area contributed by atoms with Crippen LogP contribution in [0.1, 0.15) is 18.7 Å². The lowest BCUT2D eigenvalue weighted by Crippen LogP contribution is -2.36. The molecule has 0 radical (unpaired) electrons. The van der Waals surface area contributed by atoms with Crippen molar-refractivity contribution in [1.29, 1.82) is 0 Å². The maximum atomic E-state index is 5.16. The van der Waals surface area contributed by atoms with Gasteiger partial charge in [-0.2, -0.15) is 0 Å². The van der Waals surface area contributed by atoms with Gasteiger partial charge in [0, 0.05) is 29.4 Å². The fraction of sp³-hybridized carbons (Fsp3) is 0.667. The molecule has 1 heterocycles. The van der Waals surface area contributed by atoms with Crippen LogP contribution in [0.3, 0.4) is 0 Å². The molecule has 1 rings (SSSR count). The predicted octanol–water partition coefficient (Wildman–Crippen LogP) is 2.19. The zero-order valence-corrected chi connectivity index (χ0v) is 11.4. The Morgan fingerprint density at radius 3 is 2.88 bits per heavy atom. The van der Waals surface area contributed by atoms with Gasteiger partial charge in [-0.15, -0.1) is 11.3 Å². The molecule has 92 valence electrons. The summed E-state index contributed by atoms with van der Waals surface area (Å²) < 4.78 is 5.16. The summed E-state index contributed by atoms with van der Waals surface area (Å²) >= 11 is 1.74. The summed E-state index contributed by atoms with van der Waals surface area (Å²) in [6, 6.07) is 2.60. The van der Waals surface area contributed by atoms with Crippen LogP contribution in [0.15, 0.2) is 11.4 Å². The van der Waals surface area contributed by atoms with E-state index in [1.807, 2.05) is 5.38 Å². The molecule has 1 N–H and O–H groups in total. The highest BCUT2D eigenvalue weighted by atomic mass is 32.1. The molecule has 1 atom stereocenters. The molecule has 0 aliphatic carbocycles. The second-order valence-corrected chi connectivity index (χ2v) is 5.09. The fourth-order valence-electron chi connectivity index (χ4n) is 1.50. The maximum absolute atomic E-state index is 5.16. The van der Waals surface area contributed by atoms with Gasteiger partial charge < -0.3 is 15.0 Å². The van der Waals surface area contributed by atoms with Gasteiger partial charge in [0.15, 0.2) is 0 Å². The standard InChI is InChI=1S/C12H22N2OS/c1-5-14(3)8-10(2)13-7-12-6-11(15-4)9-16-12/h6,9-10,13H,5,7-8H2,1-4H3. The number of hydrogen-bond donors (Lipinski definition) is 1. The molecule has 0 saturated carbocycles. The number of rotatable bonds is 7. The molecule has 0 fully saturated rings. The number of nitrogens with one attached hydrogen (secondary N) is 1. The summed E-state index contributed by atoms with van der Waals surface area (Å²) in [4.78, 5) is 3.63. The van der Waals surface area contributed by atoms with E-state index in [2.05, 4.69) is 37.2 Å². The first kappa shape index (κ1) is 13.5. The average molecular weight is 242 g/mol. The van der Waals surface area contributed by atoms with Gasteiger partial charge in [-0.05, 0) is 26.6 Å². The smallest absolute Gasteiger partial charge is 0.129 e. The van der Waals surface area contributed by atoms with E-state index >= 15 is 0 Å². The minimum absolute atomic E-state index is 0.512. The lowest BCUT2D eigenvalue weighted by Gasteiger charge is -2.20. The molecule has 0 spiro atoms. The van der Waals surface area contributed by atoms with Crippen molar-refractivity contribution in [2.24, 2.45) is 0 Å². The van der Waals surface area contributed by atoms with Gasteiger partial charge in [-0.25, -0.2) is 0 Å². The number of nitrogens with zero attached hydrogens (tertiary/aromatic N) is 1. The third kappa shape index (κ3) is 4.51. The van der Waals surface area contributed by atoms with Crippen LogP contribution in [0.2, 0.25) is 0 Å². The van der Waals surface area contributed by atoms with Crippen LogP contribution in [0.5, 0.6) is 5.75 Å². The van der Waals surface area contributed by atoms with Gasteiger partial charge >= 0.3 is 0 Å². The monoisotopic (exact) mass is 242 g/mol. The Morgan fingerprint density at radius 1 is 1.56 bits per heavy atom. The highest BCUT2D eigenvalue weighted by Crippen LogP contribution is 2.20. The van der Waals surface area contributed by atoms with Crippen LogP contribution >= 0.6 is 11.3 Å². The lowest BCUT2D eigenvalue weighted by molar-refractivity contribution is 0.310. The molecule has 0 bridgehead atoms. The highest BCUT2D eigenvalue weighted by molar-refractivity contribution is 7.10. The van der Waals surface area contributed by atoms with Crippen molar-refractivity contribution in [2.45, 2.75) is 26.4 Å². The minimum Gasteiger partial charge on any atom is -0.496 e. The summed E-state index contributed by atoms with van der Waals surface area (Å²) in [7, 11) is 3.85. The van der Waals surface area contributed by atoms with Crippen LogP contribution in [0.25, 0.3) is 0 Å². The van der Waals surface area contributed by atoms with Crippen LogP contribution in [0, 0.1) is 0 Å². The van der Waals surface area contributed by atoms with Crippen LogP contribution in [0.4, 0.5) is 0 Å². The van der Waals surface area contributed by atoms with Crippen molar-refractivity contribution < 1.29 is 4.74 Å². The second-order valence-electron chi connectivity index (χ2n) is 4.09. The summed E-state index contributed by atoms with van der Waals surface area (Å²) in [5.74, 6) is 0.958. The van der Waals surface area contributed by atoms with Crippen LogP contribution in [-0.4, -0.2) is 38.2 Å². The zero-order chi connectivity index (χ0) is 12.0. The van der Waals surface area contributed by atoms with Crippen molar-refractivity contribution in [3.63, 3.8) is 0 Å². The van der Waals surface area contributed by atoms with Crippen molar-refractivity contribution in [3.05, 3.63) is 16.3 Å². The van der Waals surface area contributed by atoms with Gasteiger partial charge in [-0.1, -0.05) is 6.92 Å². The predicted molar refractivity (Wildman–Crippen MR) is 70.3 cm³/mol.